The molecule has 0 radical (unpaired) electrons. The van der Waals surface area contributed by atoms with Gasteiger partial charge in [0.15, 0.2) is 11.5 Å². The van der Waals surface area contributed by atoms with Crippen LogP contribution in [0.3, 0.4) is 0 Å². The summed E-state index contributed by atoms with van der Waals surface area (Å²) < 4.78 is 0. The summed E-state index contributed by atoms with van der Waals surface area (Å²) in [5, 5.41) is 18.2. The van der Waals surface area contributed by atoms with E-state index in [4.69, 9.17) is 10.8 Å². The minimum atomic E-state index is -0.989. The Morgan fingerprint density at radius 3 is 2.72 bits per heavy atom. The third-order valence-electron chi connectivity index (χ3n) is 6.04. The average molecular weight is 489 g/mol. The number of nitrogen functional groups attached to an aromatic ring is 1. The number of nitrogens with two attached hydrogens (primary N) is 1. The Kier molecular flexibility index (Phi) is 7.55. The predicted octanol–water partition coefficient (Wildman–Crippen LogP) is 2.14. The van der Waals surface area contributed by atoms with Crippen LogP contribution >= 0.6 is 0 Å². The molecule has 1 fully saturated rings. The summed E-state index contributed by atoms with van der Waals surface area (Å²) in [5.74, 6) is -1.63. The largest absolute Gasteiger partial charge is 0.478 e. The number of anilines is 1. The lowest BCUT2D eigenvalue weighted by Gasteiger charge is -2.23. The van der Waals surface area contributed by atoms with Gasteiger partial charge in [0.05, 0.1) is 17.5 Å². The third kappa shape index (κ3) is 5.84. The second kappa shape index (κ2) is 11.0. The van der Waals surface area contributed by atoms with Gasteiger partial charge in [0.2, 0.25) is 0 Å². The molecule has 0 spiro atoms. The van der Waals surface area contributed by atoms with Crippen LogP contribution in [0.1, 0.15) is 55.2 Å². The molecule has 3 aromatic rings. The van der Waals surface area contributed by atoms with Crippen LogP contribution in [0.4, 0.5) is 5.82 Å². The molecule has 2 heterocycles. The Balaban J connectivity index is 1.46. The van der Waals surface area contributed by atoms with Crippen molar-refractivity contribution in [2.75, 3.05) is 18.8 Å². The molecule has 0 bridgehead atoms. The number of carbonyl (C=O) groups is 3. The molecule has 1 atom stereocenters. The lowest BCUT2D eigenvalue weighted by Crippen LogP contribution is -2.46. The Morgan fingerprint density at radius 2 is 2.00 bits per heavy atom. The van der Waals surface area contributed by atoms with Crippen LogP contribution in [0.15, 0.2) is 48.7 Å². The molecule has 1 aliphatic heterocycles. The molecule has 2 aromatic carbocycles. The van der Waals surface area contributed by atoms with E-state index in [-0.39, 0.29) is 41.5 Å². The maximum Gasteiger partial charge on any atom is 0.335 e. The number of nitrogens with zero attached hydrogens (tertiary/aromatic N) is 2. The fourth-order valence-corrected chi connectivity index (χ4v) is 4.11. The van der Waals surface area contributed by atoms with E-state index in [0.29, 0.717) is 28.9 Å². The van der Waals surface area contributed by atoms with Gasteiger partial charge in [-0.15, -0.1) is 0 Å². The van der Waals surface area contributed by atoms with Crippen LogP contribution < -0.4 is 21.7 Å². The molecule has 2 amide bonds. The molecule has 1 saturated heterocycles. The van der Waals surface area contributed by atoms with Crippen LogP contribution in [0.25, 0.3) is 11.3 Å². The number of carboxylic acid groups (broad SMARTS) is 1. The average Bonchev–Trinajstić information content (AvgIpc) is 2.88. The highest BCUT2D eigenvalue weighted by molar-refractivity contribution is 5.97. The highest BCUT2D eigenvalue weighted by Gasteiger charge is 2.20. The molecule has 1 aromatic heterocycles. The van der Waals surface area contributed by atoms with Gasteiger partial charge in [-0.1, -0.05) is 24.3 Å². The SMILES string of the molecule is Cc1cc(CNC(=O)c2cccc(-c3cnc(N)c(C(=O)N[C@H]4CCCNC4)n3)c2)ccc1C(=O)O. The van der Waals surface area contributed by atoms with E-state index in [1.54, 1.807) is 43.3 Å². The number of rotatable bonds is 7. The Bertz CT molecular complexity index is 1300. The Morgan fingerprint density at radius 1 is 1.17 bits per heavy atom. The standard InChI is InChI=1S/C26H28N6O4/c1-15-10-16(7-8-20(15)26(35)36)12-30-24(33)18-5-2-4-17(11-18)21-14-29-23(27)22(32-21)25(34)31-19-6-3-9-28-13-19/h2,4-5,7-8,10-11,14,19,28H,3,6,9,12-13H2,1H3,(H2,27,29)(H,30,33)(H,31,34)(H,35,36)/t19-/m0/s1. The van der Waals surface area contributed by atoms with Crippen molar-refractivity contribution >= 4 is 23.6 Å². The van der Waals surface area contributed by atoms with Gasteiger partial charge in [0, 0.05) is 30.3 Å². The zero-order valence-electron chi connectivity index (χ0n) is 19.9. The number of hydrogen-bond acceptors (Lipinski definition) is 7. The normalized spacial score (nSPS) is 15.2. The van der Waals surface area contributed by atoms with Crippen LogP contribution in [-0.4, -0.2) is 52.0 Å². The van der Waals surface area contributed by atoms with Crippen molar-refractivity contribution in [2.24, 2.45) is 0 Å². The van der Waals surface area contributed by atoms with E-state index in [1.165, 1.54) is 12.3 Å². The van der Waals surface area contributed by atoms with Crippen molar-refractivity contribution in [3.8, 4) is 11.3 Å². The molecule has 10 nitrogen and oxygen atoms in total. The van der Waals surface area contributed by atoms with Crippen molar-refractivity contribution < 1.29 is 19.5 Å². The minimum Gasteiger partial charge on any atom is -0.478 e. The first kappa shape index (κ1) is 24.8. The summed E-state index contributed by atoms with van der Waals surface area (Å²) in [4.78, 5) is 45.3. The van der Waals surface area contributed by atoms with Crippen molar-refractivity contribution in [3.05, 3.63) is 76.6 Å². The molecule has 10 heteroatoms. The molecular formula is C26H28N6O4. The summed E-state index contributed by atoms with van der Waals surface area (Å²) in [5.41, 5.74) is 9.07. The number of carboxylic acids is 1. The first-order chi connectivity index (χ1) is 17.3. The molecule has 0 saturated carbocycles. The fourth-order valence-electron chi connectivity index (χ4n) is 4.11. The number of nitrogens with one attached hydrogen (secondary N) is 3. The van der Waals surface area contributed by atoms with E-state index in [2.05, 4.69) is 25.9 Å². The van der Waals surface area contributed by atoms with E-state index in [9.17, 15) is 14.4 Å². The van der Waals surface area contributed by atoms with Gasteiger partial charge in [-0.2, -0.15) is 0 Å². The molecule has 0 aliphatic carbocycles. The third-order valence-corrected chi connectivity index (χ3v) is 6.04. The first-order valence-electron chi connectivity index (χ1n) is 11.7. The zero-order valence-corrected chi connectivity index (χ0v) is 19.9. The fraction of sp³-hybridized carbons (Fsp3) is 0.269. The first-order valence-corrected chi connectivity index (χ1v) is 11.7. The molecule has 36 heavy (non-hydrogen) atoms. The highest BCUT2D eigenvalue weighted by atomic mass is 16.4. The number of aromatic nitrogens is 2. The molecule has 186 valence electrons. The van der Waals surface area contributed by atoms with E-state index in [0.717, 1.165) is 24.9 Å². The second-order valence-corrected chi connectivity index (χ2v) is 8.72. The minimum absolute atomic E-state index is 0.00671. The summed E-state index contributed by atoms with van der Waals surface area (Å²) >= 11 is 0. The van der Waals surface area contributed by atoms with Gasteiger partial charge in [-0.25, -0.2) is 14.8 Å². The van der Waals surface area contributed by atoms with E-state index in [1.807, 2.05) is 0 Å². The predicted molar refractivity (Wildman–Crippen MR) is 135 cm³/mol. The summed E-state index contributed by atoms with van der Waals surface area (Å²) in [6.45, 7) is 3.59. The number of aryl methyl sites for hydroxylation is 1. The van der Waals surface area contributed by atoms with Gasteiger partial charge >= 0.3 is 5.97 Å². The lowest BCUT2D eigenvalue weighted by atomic mass is 10.0. The monoisotopic (exact) mass is 488 g/mol. The topological polar surface area (TPSA) is 159 Å². The molecule has 4 rings (SSSR count). The maximum atomic E-state index is 12.8. The van der Waals surface area contributed by atoms with Crippen LogP contribution in [0.2, 0.25) is 0 Å². The smallest absolute Gasteiger partial charge is 0.335 e. The van der Waals surface area contributed by atoms with E-state index < -0.39 is 5.97 Å². The van der Waals surface area contributed by atoms with Crippen molar-refractivity contribution in [1.29, 1.82) is 0 Å². The Hall–Kier alpha value is -4.31. The number of hydrogen-bond donors (Lipinski definition) is 5. The number of piperidine rings is 1. The van der Waals surface area contributed by atoms with Crippen molar-refractivity contribution in [2.45, 2.75) is 32.4 Å². The molecule has 6 N–H and O–H groups in total. The zero-order chi connectivity index (χ0) is 25.7. The molecular weight excluding hydrogens is 460 g/mol. The number of aromatic carboxylic acids is 1. The molecule has 1 aliphatic rings. The van der Waals surface area contributed by atoms with Gasteiger partial charge in [0.1, 0.15) is 0 Å². The number of benzene rings is 2. The van der Waals surface area contributed by atoms with Crippen molar-refractivity contribution in [3.63, 3.8) is 0 Å². The van der Waals surface area contributed by atoms with Crippen LogP contribution in [0, 0.1) is 6.92 Å². The van der Waals surface area contributed by atoms with Crippen LogP contribution in [0.5, 0.6) is 0 Å². The second-order valence-electron chi connectivity index (χ2n) is 8.72. The maximum absolute atomic E-state index is 12.8. The van der Waals surface area contributed by atoms with Gasteiger partial charge in [0.25, 0.3) is 11.8 Å². The van der Waals surface area contributed by atoms with Crippen LogP contribution in [-0.2, 0) is 6.54 Å². The summed E-state index contributed by atoms with van der Waals surface area (Å²) in [6, 6.07) is 11.8. The summed E-state index contributed by atoms with van der Waals surface area (Å²) in [7, 11) is 0. The van der Waals surface area contributed by atoms with Crippen molar-refractivity contribution in [1.82, 2.24) is 25.9 Å². The Labute approximate surface area is 208 Å². The van der Waals surface area contributed by atoms with Gasteiger partial charge < -0.3 is 26.8 Å². The van der Waals surface area contributed by atoms with E-state index >= 15 is 0 Å². The number of carbonyl (C=O) groups excluding carboxylic acids is 2. The van der Waals surface area contributed by atoms with Gasteiger partial charge in [-0.3, -0.25) is 9.59 Å². The number of amides is 2. The lowest BCUT2D eigenvalue weighted by molar-refractivity contribution is 0.0695. The molecule has 0 unspecified atom stereocenters. The summed E-state index contributed by atoms with van der Waals surface area (Å²) in [6.07, 6.45) is 3.33. The quantitative estimate of drug-likeness (QED) is 0.338. The highest BCUT2D eigenvalue weighted by Crippen LogP contribution is 2.20. The van der Waals surface area contributed by atoms with Gasteiger partial charge in [-0.05, 0) is 55.6 Å².